The van der Waals surface area contributed by atoms with Crippen molar-refractivity contribution in [1.82, 2.24) is 10.2 Å². The number of carbonyl (C=O) groups excluding carboxylic acids is 3. The van der Waals surface area contributed by atoms with Gasteiger partial charge in [-0.2, -0.15) is 0 Å². The first-order valence-corrected chi connectivity index (χ1v) is 10.2. The van der Waals surface area contributed by atoms with Gasteiger partial charge in [0.25, 0.3) is 5.91 Å². The van der Waals surface area contributed by atoms with Crippen molar-refractivity contribution in [1.29, 1.82) is 0 Å². The van der Waals surface area contributed by atoms with E-state index in [1.165, 1.54) is 0 Å². The number of aryl methyl sites for hydroxylation is 1. The first-order valence-electron chi connectivity index (χ1n) is 10.2. The molecule has 1 saturated carbocycles. The zero-order valence-electron chi connectivity index (χ0n) is 17.5. The number of urea groups is 1. The highest BCUT2D eigenvalue weighted by molar-refractivity contribution is 6.10. The van der Waals surface area contributed by atoms with Gasteiger partial charge in [0.05, 0.1) is 0 Å². The van der Waals surface area contributed by atoms with Gasteiger partial charge in [-0.05, 0) is 48.6 Å². The summed E-state index contributed by atoms with van der Waals surface area (Å²) < 4.78 is 0. The largest absolute Gasteiger partial charge is 0.325 e. The molecule has 2 fully saturated rings. The second-order valence-electron chi connectivity index (χ2n) is 8.67. The Balaban J connectivity index is 1.79. The van der Waals surface area contributed by atoms with Crippen LogP contribution in [-0.2, 0) is 9.59 Å². The number of nitrogens with zero attached hydrogens (tertiary/aromatic N) is 1. The molecule has 28 heavy (non-hydrogen) atoms. The summed E-state index contributed by atoms with van der Waals surface area (Å²) in [5.74, 6) is -0.248. The van der Waals surface area contributed by atoms with Gasteiger partial charge in [0.1, 0.15) is 12.1 Å². The minimum atomic E-state index is -0.874. The summed E-state index contributed by atoms with van der Waals surface area (Å²) >= 11 is 0. The van der Waals surface area contributed by atoms with E-state index >= 15 is 0 Å². The fourth-order valence-electron chi connectivity index (χ4n) is 4.76. The number of carbonyl (C=O) groups is 3. The molecule has 6 heteroatoms. The molecule has 1 aromatic carbocycles. The molecule has 3 rings (SSSR count). The number of imide groups is 1. The van der Waals surface area contributed by atoms with Gasteiger partial charge >= 0.3 is 6.03 Å². The Morgan fingerprint density at radius 3 is 2.50 bits per heavy atom. The topological polar surface area (TPSA) is 78.5 Å². The van der Waals surface area contributed by atoms with Crippen molar-refractivity contribution in [3.05, 3.63) is 29.3 Å². The minimum Gasteiger partial charge on any atom is -0.324 e. The van der Waals surface area contributed by atoms with Crippen LogP contribution in [0.3, 0.4) is 0 Å². The van der Waals surface area contributed by atoms with Crippen LogP contribution in [0.5, 0.6) is 0 Å². The third-order valence-corrected chi connectivity index (χ3v) is 6.48. The highest BCUT2D eigenvalue weighted by Gasteiger charge is 2.58. The van der Waals surface area contributed by atoms with Crippen molar-refractivity contribution in [2.24, 2.45) is 11.8 Å². The molecule has 0 bridgehead atoms. The number of anilines is 1. The van der Waals surface area contributed by atoms with Gasteiger partial charge in [-0.3, -0.25) is 14.5 Å². The second-order valence-corrected chi connectivity index (χ2v) is 8.67. The summed E-state index contributed by atoms with van der Waals surface area (Å²) in [6.07, 6.45) is 2.85. The van der Waals surface area contributed by atoms with Gasteiger partial charge in [0, 0.05) is 5.69 Å². The lowest BCUT2D eigenvalue weighted by Crippen LogP contribution is -2.59. The molecule has 152 valence electrons. The normalized spacial score (nSPS) is 27.4. The molecular weight excluding hydrogens is 354 g/mol. The summed E-state index contributed by atoms with van der Waals surface area (Å²) in [6.45, 7) is 9.83. The van der Waals surface area contributed by atoms with Crippen LogP contribution in [0.15, 0.2) is 18.2 Å². The molecule has 2 N–H and O–H groups in total. The molecule has 1 aliphatic heterocycles. The minimum absolute atomic E-state index is 0.0599. The van der Waals surface area contributed by atoms with Gasteiger partial charge in [-0.15, -0.1) is 0 Å². The van der Waals surface area contributed by atoms with Gasteiger partial charge < -0.3 is 10.6 Å². The maximum Gasteiger partial charge on any atom is 0.325 e. The number of para-hydroxylation sites is 1. The first-order chi connectivity index (χ1) is 13.2. The lowest BCUT2D eigenvalue weighted by atomic mass is 9.67. The van der Waals surface area contributed by atoms with Crippen molar-refractivity contribution in [3.8, 4) is 0 Å². The number of nitrogens with one attached hydrogen (secondary N) is 2. The van der Waals surface area contributed by atoms with E-state index in [0.29, 0.717) is 0 Å². The maximum absolute atomic E-state index is 13.2. The molecule has 1 aromatic rings. The Hall–Kier alpha value is -2.37. The molecular formula is C22H31N3O3. The number of hydrogen-bond acceptors (Lipinski definition) is 3. The molecule has 1 spiro atoms. The smallest absolute Gasteiger partial charge is 0.324 e. The summed E-state index contributed by atoms with van der Waals surface area (Å²) in [4.78, 5) is 39.6. The van der Waals surface area contributed by atoms with Crippen LogP contribution < -0.4 is 10.6 Å². The van der Waals surface area contributed by atoms with Crippen molar-refractivity contribution in [2.75, 3.05) is 11.9 Å². The van der Waals surface area contributed by atoms with Crippen LogP contribution >= 0.6 is 0 Å². The molecule has 0 radical (unpaired) electrons. The van der Waals surface area contributed by atoms with E-state index in [2.05, 4.69) is 24.5 Å². The monoisotopic (exact) mass is 385 g/mol. The second kappa shape index (κ2) is 7.57. The van der Waals surface area contributed by atoms with E-state index in [1.54, 1.807) is 0 Å². The van der Waals surface area contributed by atoms with Gasteiger partial charge in [-0.25, -0.2) is 4.79 Å². The molecule has 1 aliphatic carbocycles. The summed E-state index contributed by atoms with van der Waals surface area (Å²) in [6, 6.07) is 5.43. The van der Waals surface area contributed by atoms with Crippen molar-refractivity contribution in [2.45, 2.75) is 65.3 Å². The first kappa shape index (κ1) is 20.4. The Labute approximate surface area is 167 Å². The molecule has 2 aliphatic rings. The summed E-state index contributed by atoms with van der Waals surface area (Å²) in [5.41, 5.74) is 1.89. The van der Waals surface area contributed by atoms with Gasteiger partial charge in [0.15, 0.2) is 0 Å². The average molecular weight is 386 g/mol. The summed E-state index contributed by atoms with van der Waals surface area (Å²) in [5, 5.41) is 5.87. The zero-order valence-corrected chi connectivity index (χ0v) is 17.5. The predicted molar refractivity (Wildman–Crippen MR) is 109 cm³/mol. The predicted octanol–water partition coefficient (Wildman–Crippen LogP) is 3.80. The SMILES string of the molecule is Cc1cccc(C(C)C)c1NC(=O)CN1C(=O)NC2(C1=O)C(C)CCCC2C. The van der Waals surface area contributed by atoms with Crippen LogP contribution in [0.1, 0.15) is 64.0 Å². The van der Waals surface area contributed by atoms with Crippen molar-refractivity contribution < 1.29 is 14.4 Å². The molecule has 4 amide bonds. The quantitative estimate of drug-likeness (QED) is 0.774. The third kappa shape index (κ3) is 3.29. The van der Waals surface area contributed by atoms with E-state index in [0.717, 1.165) is 41.0 Å². The van der Waals surface area contributed by atoms with Crippen LogP contribution in [0, 0.1) is 18.8 Å². The molecule has 0 aromatic heterocycles. The molecule has 1 saturated heterocycles. The number of rotatable bonds is 4. The summed E-state index contributed by atoms with van der Waals surface area (Å²) in [7, 11) is 0. The average Bonchev–Trinajstić information content (AvgIpc) is 2.87. The molecule has 1 heterocycles. The lowest BCUT2D eigenvalue weighted by molar-refractivity contribution is -0.138. The van der Waals surface area contributed by atoms with Crippen molar-refractivity contribution >= 4 is 23.5 Å². The van der Waals surface area contributed by atoms with Gasteiger partial charge in [-0.1, -0.05) is 52.3 Å². The molecule has 6 nitrogen and oxygen atoms in total. The standard InChI is InChI=1S/C22H31N3O3/c1-13(2)17-11-6-8-14(3)19(17)23-18(26)12-25-20(27)22(24-21(25)28)15(4)9-7-10-16(22)5/h6,8,11,13,15-16H,7,9-10,12H2,1-5H3,(H,23,26)(H,24,28). The Morgan fingerprint density at radius 2 is 1.89 bits per heavy atom. The van der Waals surface area contributed by atoms with Crippen LogP contribution in [0.4, 0.5) is 10.5 Å². The van der Waals surface area contributed by atoms with E-state index in [-0.39, 0.29) is 36.1 Å². The number of hydrogen-bond donors (Lipinski definition) is 2. The lowest BCUT2D eigenvalue weighted by Gasteiger charge is -2.42. The Bertz CT molecular complexity index is 792. The van der Waals surface area contributed by atoms with E-state index in [1.807, 2.05) is 39.0 Å². The van der Waals surface area contributed by atoms with Crippen LogP contribution in [0.25, 0.3) is 0 Å². The fourth-order valence-corrected chi connectivity index (χ4v) is 4.76. The van der Waals surface area contributed by atoms with Crippen molar-refractivity contribution in [3.63, 3.8) is 0 Å². The van der Waals surface area contributed by atoms with E-state index < -0.39 is 11.6 Å². The van der Waals surface area contributed by atoms with E-state index in [4.69, 9.17) is 0 Å². The Morgan fingerprint density at radius 1 is 1.25 bits per heavy atom. The molecule has 2 unspecified atom stereocenters. The third-order valence-electron chi connectivity index (χ3n) is 6.48. The van der Waals surface area contributed by atoms with Gasteiger partial charge in [0.2, 0.25) is 5.91 Å². The van der Waals surface area contributed by atoms with Crippen LogP contribution in [0.2, 0.25) is 0 Å². The molecule has 2 atom stereocenters. The highest BCUT2D eigenvalue weighted by Crippen LogP contribution is 2.42. The number of benzene rings is 1. The Kier molecular flexibility index (Phi) is 5.50. The number of amides is 4. The fraction of sp³-hybridized carbons (Fsp3) is 0.591. The van der Waals surface area contributed by atoms with E-state index in [9.17, 15) is 14.4 Å². The highest BCUT2D eigenvalue weighted by atomic mass is 16.2. The zero-order chi connectivity index (χ0) is 20.6. The maximum atomic E-state index is 13.2. The van der Waals surface area contributed by atoms with Crippen LogP contribution in [-0.4, -0.2) is 34.8 Å².